The van der Waals surface area contributed by atoms with E-state index in [1.165, 1.54) is 17.9 Å². The molecule has 0 saturated heterocycles. The van der Waals surface area contributed by atoms with E-state index in [1.807, 2.05) is 0 Å². The third kappa shape index (κ3) is 2.89. The molecule has 1 heterocycles. The maximum atomic E-state index is 12.7. The predicted octanol–water partition coefficient (Wildman–Crippen LogP) is 2.11. The molecular formula is C16H19N3O4S. The van der Waals surface area contributed by atoms with Crippen LogP contribution in [0.4, 0.5) is 5.69 Å². The lowest BCUT2D eigenvalue weighted by Gasteiger charge is -2.19. The fourth-order valence-electron chi connectivity index (χ4n) is 3.16. The highest BCUT2D eigenvalue weighted by molar-refractivity contribution is 7.92. The predicted molar refractivity (Wildman–Crippen MR) is 88.8 cm³/mol. The first kappa shape index (κ1) is 16.5. The lowest BCUT2D eigenvalue weighted by Crippen LogP contribution is -2.20. The number of aryl methyl sites for hydroxylation is 4. The van der Waals surface area contributed by atoms with E-state index in [4.69, 9.17) is 0 Å². The van der Waals surface area contributed by atoms with Crippen LogP contribution in [0.2, 0.25) is 0 Å². The molecule has 0 spiro atoms. The number of hydrogen-bond acceptors (Lipinski definition) is 4. The van der Waals surface area contributed by atoms with Gasteiger partial charge in [-0.3, -0.25) is 9.40 Å². The maximum Gasteiger partial charge on any atom is 0.337 e. The molecule has 1 aliphatic rings. The number of carbonyl (C=O) groups is 1. The van der Waals surface area contributed by atoms with Crippen molar-refractivity contribution in [1.29, 1.82) is 0 Å². The van der Waals surface area contributed by atoms with Gasteiger partial charge >= 0.3 is 5.97 Å². The van der Waals surface area contributed by atoms with Crippen molar-refractivity contribution in [3.63, 3.8) is 0 Å². The van der Waals surface area contributed by atoms with Crippen molar-refractivity contribution < 1.29 is 18.3 Å². The van der Waals surface area contributed by atoms with E-state index >= 15 is 0 Å². The zero-order valence-corrected chi connectivity index (χ0v) is 14.4. The van der Waals surface area contributed by atoms with Gasteiger partial charge < -0.3 is 5.11 Å². The minimum Gasteiger partial charge on any atom is -0.478 e. The molecule has 1 aliphatic carbocycles. The van der Waals surface area contributed by atoms with Crippen molar-refractivity contribution in [2.24, 2.45) is 7.05 Å². The molecule has 0 amide bonds. The minimum absolute atomic E-state index is 0.0246. The Morgan fingerprint density at radius 2 is 1.88 bits per heavy atom. The van der Waals surface area contributed by atoms with Crippen LogP contribution in [0.3, 0.4) is 0 Å². The number of carboxylic acids is 1. The van der Waals surface area contributed by atoms with Crippen molar-refractivity contribution >= 4 is 21.7 Å². The molecule has 2 N–H and O–H groups in total. The first-order valence-corrected chi connectivity index (χ1v) is 9.18. The van der Waals surface area contributed by atoms with E-state index in [9.17, 15) is 18.3 Å². The summed E-state index contributed by atoms with van der Waals surface area (Å²) in [6.07, 6.45) is 5.15. The van der Waals surface area contributed by atoms with Gasteiger partial charge in [-0.2, -0.15) is 13.5 Å². The summed E-state index contributed by atoms with van der Waals surface area (Å²) < 4.78 is 29.1. The molecule has 2 aromatic rings. The van der Waals surface area contributed by atoms with Crippen molar-refractivity contribution in [3.05, 3.63) is 40.6 Å². The number of anilines is 1. The van der Waals surface area contributed by atoms with Gasteiger partial charge in [0.25, 0.3) is 10.0 Å². The van der Waals surface area contributed by atoms with E-state index in [0.29, 0.717) is 5.56 Å². The number of sulfonamides is 1. The molecule has 0 aliphatic heterocycles. The Balaban J connectivity index is 2.07. The summed E-state index contributed by atoms with van der Waals surface area (Å²) in [6, 6.07) is 3.24. The average molecular weight is 349 g/mol. The third-order valence-electron chi connectivity index (χ3n) is 4.27. The van der Waals surface area contributed by atoms with Crippen LogP contribution in [-0.4, -0.2) is 29.3 Å². The summed E-state index contributed by atoms with van der Waals surface area (Å²) >= 11 is 0. The van der Waals surface area contributed by atoms with Crippen LogP contribution in [0, 0.1) is 6.92 Å². The first-order valence-electron chi connectivity index (χ1n) is 7.70. The molecule has 3 rings (SSSR count). The monoisotopic (exact) mass is 349 g/mol. The SMILES string of the molecule is Cc1cnn(C)c1S(=O)(=O)Nc1cc2c(cc1C(=O)O)CCCC2. The molecule has 7 nitrogen and oxygen atoms in total. The molecule has 0 saturated carbocycles. The molecular weight excluding hydrogens is 330 g/mol. The number of hydrogen-bond donors (Lipinski definition) is 2. The molecule has 128 valence electrons. The highest BCUT2D eigenvalue weighted by Crippen LogP contribution is 2.29. The fraction of sp³-hybridized carbons (Fsp3) is 0.375. The number of nitrogens with zero attached hydrogens (tertiary/aromatic N) is 2. The average Bonchev–Trinajstić information content (AvgIpc) is 2.85. The number of nitrogens with one attached hydrogen (secondary N) is 1. The third-order valence-corrected chi connectivity index (χ3v) is 5.85. The second-order valence-corrected chi connectivity index (χ2v) is 7.64. The zero-order valence-electron chi connectivity index (χ0n) is 13.5. The van der Waals surface area contributed by atoms with E-state index in [1.54, 1.807) is 19.1 Å². The zero-order chi connectivity index (χ0) is 17.5. The summed E-state index contributed by atoms with van der Waals surface area (Å²) in [6.45, 7) is 1.65. The molecule has 0 fully saturated rings. The summed E-state index contributed by atoms with van der Waals surface area (Å²) in [7, 11) is -2.39. The summed E-state index contributed by atoms with van der Waals surface area (Å²) in [5, 5.41) is 13.4. The molecule has 0 unspecified atom stereocenters. The summed E-state index contributed by atoms with van der Waals surface area (Å²) in [4.78, 5) is 11.6. The Morgan fingerprint density at radius 3 is 2.42 bits per heavy atom. The maximum absolute atomic E-state index is 12.7. The normalized spacial score (nSPS) is 14.2. The Kier molecular flexibility index (Phi) is 4.08. The van der Waals surface area contributed by atoms with Gasteiger partial charge in [0.2, 0.25) is 0 Å². The molecule has 0 bridgehead atoms. The molecule has 8 heteroatoms. The number of aromatic nitrogens is 2. The molecule has 0 radical (unpaired) electrons. The minimum atomic E-state index is -3.93. The van der Waals surface area contributed by atoms with Crippen LogP contribution in [0.5, 0.6) is 0 Å². The molecule has 1 aromatic heterocycles. The standard InChI is InChI=1S/C16H19N3O4S/c1-10-9-17-19(2)15(10)24(22,23)18-14-8-12-6-4-3-5-11(12)7-13(14)16(20)21/h7-9,18H,3-6H2,1-2H3,(H,20,21). The Hall–Kier alpha value is -2.35. The first-order chi connectivity index (χ1) is 11.3. The van der Waals surface area contributed by atoms with Crippen LogP contribution in [0.1, 0.15) is 39.9 Å². The van der Waals surface area contributed by atoms with Crippen LogP contribution in [-0.2, 0) is 29.9 Å². The van der Waals surface area contributed by atoms with Crippen molar-refractivity contribution in [2.75, 3.05) is 4.72 Å². The van der Waals surface area contributed by atoms with Gasteiger partial charge in [0.1, 0.15) is 0 Å². The van der Waals surface area contributed by atoms with Gasteiger partial charge in [-0.15, -0.1) is 0 Å². The van der Waals surface area contributed by atoms with Crippen molar-refractivity contribution in [1.82, 2.24) is 9.78 Å². The van der Waals surface area contributed by atoms with Crippen LogP contribution in [0.15, 0.2) is 23.4 Å². The fourth-order valence-corrected chi connectivity index (χ4v) is 4.59. The second-order valence-electron chi connectivity index (χ2n) is 6.04. The Labute approximate surface area is 140 Å². The quantitative estimate of drug-likeness (QED) is 0.880. The number of aromatic carboxylic acids is 1. The molecule has 24 heavy (non-hydrogen) atoms. The van der Waals surface area contributed by atoms with Gasteiger partial charge in [-0.1, -0.05) is 0 Å². The van der Waals surface area contributed by atoms with Crippen LogP contribution in [0.25, 0.3) is 0 Å². The van der Waals surface area contributed by atoms with E-state index in [2.05, 4.69) is 9.82 Å². The lowest BCUT2D eigenvalue weighted by atomic mass is 9.89. The van der Waals surface area contributed by atoms with Gasteiger partial charge in [-0.25, -0.2) is 4.79 Å². The number of fused-ring (bicyclic) bond motifs is 1. The number of carboxylic acid groups (broad SMARTS) is 1. The van der Waals surface area contributed by atoms with Crippen LogP contribution < -0.4 is 4.72 Å². The smallest absolute Gasteiger partial charge is 0.337 e. The van der Waals surface area contributed by atoms with Gasteiger partial charge in [0.05, 0.1) is 17.4 Å². The summed E-state index contributed by atoms with van der Waals surface area (Å²) in [5.74, 6) is -1.15. The lowest BCUT2D eigenvalue weighted by molar-refractivity contribution is 0.0698. The molecule has 0 atom stereocenters. The Morgan fingerprint density at radius 1 is 1.25 bits per heavy atom. The molecule has 1 aromatic carbocycles. The van der Waals surface area contributed by atoms with Gasteiger partial charge in [0.15, 0.2) is 5.03 Å². The largest absolute Gasteiger partial charge is 0.478 e. The van der Waals surface area contributed by atoms with Gasteiger partial charge in [0, 0.05) is 12.6 Å². The second kappa shape index (κ2) is 5.94. The highest BCUT2D eigenvalue weighted by atomic mass is 32.2. The number of benzene rings is 1. The van der Waals surface area contributed by atoms with E-state index < -0.39 is 16.0 Å². The number of rotatable bonds is 4. The highest BCUT2D eigenvalue weighted by Gasteiger charge is 2.25. The van der Waals surface area contributed by atoms with Crippen molar-refractivity contribution in [3.8, 4) is 0 Å². The topological polar surface area (TPSA) is 101 Å². The summed E-state index contributed by atoms with van der Waals surface area (Å²) in [5.41, 5.74) is 2.56. The van der Waals surface area contributed by atoms with Gasteiger partial charge in [-0.05, 0) is 55.9 Å². The Bertz CT molecular complexity index is 896. The van der Waals surface area contributed by atoms with E-state index in [0.717, 1.165) is 36.8 Å². The van der Waals surface area contributed by atoms with Crippen molar-refractivity contribution in [2.45, 2.75) is 37.6 Å². The van der Waals surface area contributed by atoms with Crippen LogP contribution >= 0.6 is 0 Å². The van der Waals surface area contributed by atoms with E-state index in [-0.39, 0.29) is 16.3 Å².